The number of para-hydroxylation sites is 2. The zero-order valence-corrected chi connectivity index (χ0v) is 19.0. The van der Waals surface area contributed by atoms with Crippen LogP contribution in [0.15, 0.2) is 66.4 Å². The molecule has 6 nitrogen and oxygen atoms in total. The summed E-state index contributed by atoms with van der Waals surface area (Å²) in [4.78, 5) is 27.5. The van der Waals surface area contributed by atoms with E-state index in [2.05, 4.69) is 25.0 Å². The van der Waals surface area contributed by atoms with E-state index in [0.717, 1.165) is 22.6 Å². The number of hydrogen-bond donors (Lipinski definition) is 0. The van der Waals surface area contributed by atoms with Crippen molar-refractivity contribution in [2.24, 2.45) is 0 Å². The fourth-order valence-electron chi connectivity index (χ4n) is 4.42. The number of nitrogens with zero attached hydrogens (tertiary/aromatic N) is 3. The van der Waals surface area contributed by atoms with Crippen LogP contribution in [0.25, 0.3) is 5.69 Å². The fourth-order valence-corrected chi connectivity index (χ4v) is 4.42. The Hall–Kier alpha value is -3.67. The topological polar surface area (TPSA) is 64.4 Å². The van der Waals surface area contributed by atoms with Crippen LogP contribution < -0.4 is 4.90 Å². The molecule has 0 atom stereocenters. The molecule has 0 unspecified atom stereocenters. The summed E-state index contributed by atoms with van der Waals surface area (Å²) in [6, 6.07) is 17.7. The molecule has 2 heterocycles. The first-order valence-corrected chi connectivity index (χ1v) is 10.6. The quantitative estimate of drug-likeness (QED) is 0.441. The molecule has 6 heteroatoms. The first kappa shape index (κ1) is 21.6. The summed E-state index contributed by atoms with van der Waals surface area (Å²) in [5.41, 5.74) is 5.30. The van der Waals surface area contributed by atoms with Crippen molar-refractivity contribution in [2.45, 2.75) is 33.1 Å². The number of fused-ring (bicyclic) bond motifs is 1. The van der Waals surface area contributed by atoms with Crippen molar-refractivity contribution in [1.82, 2.24) is 9.78 Å². The number of aryl methyl sites for hydroxylation is 1. The van der Waals surface area contributed by atoms with Crippen LogP contribution in [-0.4, -0.2) is 35.2 Å². The highest BCUT2D eigenvalue weighted by Gasteiger charge is 2.38. The maximum Gasteiger partial charge on any atom is 0.342 e. The first-order chi connectivity index (χ1) is 15.2. The van der Waals surface area contributed by atoms with Gasteiger partial charge in [-0.2, -0.15) is 5.10 Å². The first-order valence-electron chi connectivity index (χ1n) is 10.6. The summed E-state index contributed by atoms with van der Waals surface area (Å²) in [5, 5.41) is 4.48. The Morgan fingerprint density at radius 2 is 1.69 bits per heavy atom. The van der Waals surface area contributed by atoms with Crippen molar-refractivity contribution >= 4 is 17.4 Å². The third kappa shape index (κ3) is 3.62. The van der Waals surface area contributed by atoms with Gasteiger partial charge in [0.1, 0.15) is 5.56 Å². The van der Waals surface area contributed by atoms with Crippen LogP contribution in [-0.2, 0) is 14.9 Å². The number of likely N-dealkylation sites (N-methyl/N-ethyl adjacent to an activating group) is 1. The molecule has 3 aromatic rings. The smallest absolute Gasteiger partial charge is 0.342 e. The number of carbonyl (C=O) groups is 2. The van der Waals surface area contributed by atoms with E-state index >= 15 is 0 Å². The molecule has 0 spiro atoms. The van der Waals surface area contributed by atoms with Crippen LogP contribution in [0.1, 0.15) is 41.2 Å². The molecule has 1 aliphatic heterocycles. The molecule has 1 aliphatic rings. The van der Waals surface area contributed by atoms with Gasteiger partial charge in [-0.1, -0.05) is 50.2 Å². The molecule has 4 rings (SSSR count). The lowest BCUT2D eigenvalue weighted by Crippen LogP contribution is -2.25. The summed E-state index contributed by atoms with van der Waals surface area (Å²) >= 11 is 0. The molecule has 0 radical (unpaired) electrons. The van der Waals surface area contributed by atoms with E-state index in [1.807, 2.05) is 67.4 Å². The minimum Gasteiger partial charge on any atom is -0.454 e. The number of esters is 1. The third-order valence-corrected chi connectivity index (χ3v) is 6.08. The molecule has 0 bridgehead atoms. The molecule has 1 aromatic heterocycles. The lowest BCUT2D eigenvalue weighted by molar-refractivity contribution is -0.117. The minimum atomic E-state index is -0.545. The van der Waals surface area contributed by atoms with E-state index in [4.69, 9.17) is 4.74 Å². The number of allylic oxidation sites excluding steroid dienone is 1. The second kappa shape index (κ2) is 8.11. The van der Waals surface area contributed by atoms with Gasteiger partial charge in [-0.05, 0) is 37.6 Å². The normalized spacial score (nSPS) is 15.7. The summed E-state index contributed by atoms with van der Waals surface area (Å²) < 4.78 is 7.10. The summed E-state index contributed by atoms with van der Waals surface area (Å²) in [7, 11) is 1.95. The average molecular weight is 430 g/mol. The summed E-state index contributed by atoms with van der Waals surface area (Å²) in [6.45, 7) is 7.44. The molecule has 0 fully saturated rings. The third-order valence-electron chi connectivity index (χ3n) is 6.08. The second-order valence-electron chi connectivity index (χ2n) is 8.57. The lowest BCUT2D eigenvalue weighted by atomic mass is 9.83. The maximum atomic E-state index is 12.8. The Morgan fingerprint density at radius 1 is 1.03 bits per heavy atom. The SMILES string of the molecule is Cc1nn(-c2ccccc2)c(C)c1C(=O)OCC(=O)/C=C1/N(C)c2ccccc2C1(C)C. The number of ketones is 1. The van der Waals surface area contributed by atoms with Gasteiger partial charge in [0.25, 0.3) is 0 Å². The van der Waals surface area contributed by atoms with E-state index < -0.39 is 5.97 Å². The Bertz CT molecular complexity index is 1220. The lowest BCUT2D eigenvalue weighted by Gasteiger charge is -2.23. The van der Waals surface area contributed by atoms with Crippen LogP contribution in [0.5, 0.6) is 0 Å². The zero-order valence-electron chi connectivity index (χ0n) is 19.0. The molecule has 0 amide bonds. The van der Waals surface area contributed by atoms with Crippen molar-refractivity contribution in [3.05, 3.63) is 88.9 Å². The molecule has 164 valence electrons. The van der Waals surface area contributed by atoms with E-state index in [-0.39, 0.29) is 17.8 Å². The van der Waals surface area contributed by atoms with Gasteiger partial charge in [-0.25, -0.2) is 9.48 Å². The Kier molecular flexibility index (Phi) is 5.46. The van der Waals surface area contributed by atoms with Gasteiger partial charge in [0, 0.05) is 29.9 Å². The molecule has 2 aromatic carbocycles. The molecule has 32 heavy (non-hydrogen) atoms. The van der Waals surface area contributed by atoms with Crippen LogP contribution >= 0.6 is 0 Å². The van der Waals surface area contributed by atoms with Crippen molar-refractivity contribution in [1.29, 1.82) is 0 Å². The van der Waals surface area contributed by atoms with Gasteiger partial charge >= 0.3 is 5.97 Å². The number of aromatic nitrogens is 2. The molecular weight excluding hydrogens is 402 g/mol. The standard InChI is InChI=1S/C26H27N3O3/c1-17-24(18(2)29(27-17)19-11-7-6-8-12-19)25(31)32-16-20(30)15-23-26(3,4)21-13-9-10-14-22(21)28(23)5/h6-15H,16H2,1-5H3/b23-15+. The van der Waals surface area contributed by atoms with Crippen LogP contribution in [0, 0.1) is 13.8 Å². The number of ether oxygens (including phenoxy) is 1. The number of carbonyl (C=O) groups excluding carboxylic acids is 2. The average Bonchev–Trinajstić information content (AvgIpc) is 3.18. The van der Waals surface area contributed by atoms with Crippen molar-refractivity contribution in [3.63, 3.8) is 0 Å². The number of benzene rings is 2. The summed E-state index contributed by atoms with van der Waals surface area (Å²) in [6.07, 6.45) is 1.58. The predicted molar refractivity (Wildman–Crippen MR) is 124 cm³/mol. The Labute approximate surface area is 188 Å². The predicted octanol–water partition coefficient (Wildman–Crippen LogP) is 4.53. The van der Waals surface area contributed by atoms with Crippen LogP contribution in [0.2, 0.25) is 0 Å². The highest BCUT2D eigenvalue weighted by molar-refractivity contribution is 5.97. The highest BCUT2D eigenvalue weighted by atomic mass is 16.5. The maximum absolute atomic E-state index is 12.8. The molecule has 0 saturated heterocycles. The van der Waals surface area contributed by atoms with E-state index in [1.165, 1.54) is 0 Å². The molecular formula is C26H27N3O3. The number of rotatable bonds is 5. The van der Waals surface area contributed by atoms with Crippen molar-refractivity contribution in [2.75, 3.05) is 18.6 Å². The second-order valence-corrected chi connectivity index (χ2v) is 8.57. The van der Waals surface area contributed by atoms with Gasteiger partial charge in [-0.15, -0.1) is 0 Å². The van der Waals surface area contributed by atoms with E-state index in [1.54, 1.807) is 17.7 Å². The Morgan fingerprint density at radius 3 is 2.38 bits per heavy atom. The summed E-state index contributed by atoms with van der Waals surface area (Å²) in [5.74, 6) is -0.803. The van der Waals surface area contributed by atoms with E-state index in [0.29, 0.717) is 17.0 Å². The number of anilines is 1. The fraction of sp³-hybridized carbons (Fsp3) is 0.269. The largest absolute Gasteiger partial charge is 0.454 e. The molecule has 0 saturated carbocycles. The van der Waals surface area contributed by atoms with Crippen molar-refractivity contribution in [3.8, 4) is 5.69 Å². The molecule has 0 N–H and O–H groups in total. The van der Waals surface area contributed by atoms with Crippen molar-refractivity contribution < 1.29 is 14.3 Å². The van der Waals surface area contributed by atoms with Gasteiger partial charge < -0.3 is 9.64 Å². The monoisotopic (exact) mass is 429 g/mol. The van der Waals surface area contributed by atoms with Crippen LogP contribution in [0.3, 0.4) is 0 Å². The highest BCUT2D eigenvalue weighted by Crippen LogP contribution is 2.46. The Balaban J connectivity index is 1.50. The van der Waals surface area contributed by atoms with Gasteiger partial charge in [0.05, 0.1) is 17.1 Å². The molecule has 0 aliphatic carbocycles. The van der Waals surface area contributed by atoms with Gasteiger partial charge in [0.2, 0.25) is 0 Å². The zero-order chi connectivity index (χ0) is 23.0. The van der Waals surface area contributed by atoms with Crippen LogP contribution in [0.4, 0.5) is 5.69 Å². The minimum absolute atomic E-state index is 0.258. The van der Waals surface area contributed by atoms with Gasteiger partial charge in [0.15, 0.2) is 12.4 Å². The van der Waals surface area contributed by atoms with Gasteiger partial charge in [-0.3, -0.25) is 4.79 Å². The number of hydrogen-bond acceptors (Lipinski definition) is 5. The van der Waals surface area contributed by atoms with E-state index in [9.17, 15) is 9.59 Å².